The Balaban J connectivity index is 3.67. The van der Waals surface area contributed by atoms with E-state index in [-0.39, 0.29) is 13.0 Å². The van der Waals surface area contributed by atoms with Crippen LogP contribution in [0.5, 0.6) is 0 Å². The molecule has 76 valence electrons. The van der Waals surface area contributed by atoms with Gasteiger partial charge in [-0.05, 0) is 0 Å². The van der Waals surface area contributed by atoms with Gasteiger partial charge in [0, 0.05) is 13.0 Å². The topological polar surface area (TPSA) is 139 Å². The van der Waals surface area contributed by atoms with Crippen LogP contribution >= 0.6 is 0 Å². The molecule has 0 aromatic carbocycles. The largest absolute Gasteiger partial charge is 0.480 e. The third-order valence-electron chi connectivity index (χ3n) is 1.36. The average Bonchev–Trinajstić information content (AvgIpc) is 2.00. The predicted octanol–water partition coefficient (Wildman–Crippen LogP) is -2.18. The fourth-order valence-corrected chi connectivity index (χ4v) is 0.696. The molecular weight excluding hydrogens is 178 g/mol. The van der Waals surface area contributed by atoms with E-state index in [0.29, 0.717) is 0 Å². The number of rotatable bonds is 5. The number of urea groups is 1. The molecule has 0 radical (unpaired) electrons. The lowest BCUT2D eigenvalue weighted by Crippen LogP contribution is -2.40. The number of carbonyl (C=O) groups excluding carboxylic acids is 1. The van der Waals surface area contributed by atoms with Crippen LogP contribution in [0.4, 0.5) is 4.79 Å². The summed E-state index contributed by atoms with van der Waals surface area (Å²) in [5.41, 5.74) is 9.84. The van der Waals surface area contributed by atoms with Gasteiger partial charge in [0.25, 0.3) is 0 Å². The van der Waals surface area contributed by atoms with E-state index in [9.17, 15) is 9.59 Å². The van der Waals surface area contributed by atoms with E-state index in [1.165, 1.54) is 0 Å². The number of nitrogens with one attached hydrogen (secondary N) is 1. The number of carboxylic acids is 1. The lowest BCUT2D eigenvalue weighted by Gasteiger charge is -2.12. The van der Waals surface area contributed by atoms with E-state index in [2.05, 4.69) is 5.32 Å². The van der Waals surface area contributed by atoms with Crippen molar-refractivity contribution in [2.45, 2.75) is 18.6 Å². The van der Waals surface area contributed by atoms with Crippen molar-refractivity contribution in [3.8, 4) is 0 Å². The molecule has 7 heteroatoms. The lowest BCUT2D eigenvalue weighted by atomic mass is 10.1. The summed E-state index contributed by atoms with van der Waals surface area (Å²) < 4.78 is 0. The van der Waals surface area contributed by atoms with Gasteiger partial charge in [0.05, 0.1) is 6.10 Å². The van der Waals surface area contributed by atoms with E-state index >= 15 is 0 Å². The number of aliphatic carboxylic acids is 1. The third kappa shape index (κ3) is 5.88. The van der Waals surface area contributed by atoms with E-state index < -0.39 is 24.1 Å². The number of hydrogen-bond donors (Lipinski definition) is 5. The fourth-order valence-electron chi connectivity index (χ4n) is 0.696. The van der Waals surface area contributed by atoms with Crippen molar-refractivity contribution in [1.29, 1.82) is 0 Å². The lowest BCUT2D eigenvalue weighted by molar-refractivity contribution is -0.139. The SMILES string of the molecule is NC(=O)NC[C@@H](O)C[C@H](N)C(=O)O. The Hall–Kier alpha value is -1.34. The number of carboxylic acid groups (broad SMARTS) is 1. The highest BCUT2D eigenvalue weighted by Crippen LogP contribution is 1.94. The third-order valence-corrected chi connectivity index (χ3v) is 1.36. The van der Waals surface area contributed by atoms with Crippen molar-refractivity contribution in [2.75, 3.05) is 6.54 Å². The minimum Gasteiger partial charge on any atom is -0.480 e. The van der Waals surface area contributed by atoms with E-state index in [4.69, 9.17) is 21.7 Å². The molecule has 0 rings (SSSR count). The first-order valence-electron chi connectivity index (χ1n) is 3.63. The zero-order valence-corrected chi connectivity index (χ0v) is 6.93. The molecule has 2 amide bonds. The number of nitrogens with two attached hydrogens (primary N) is 2. The molecule has 0 aromatic rings. The number of aliphatic hydroxyl groups is 1. The molecule has 0 aliphatic rings. The van der Waals surface area contributed by atoms with Crippen LogP contribution in [0.2, 0.25) is 0 Å². The summed E-state index contributed by atoms with van der Waals surface area (Å²) in [7, 11) is 0. The van der Waals surface area contributed by atoms with Crippen LogP contribution in [-0.4, -0.2) is 40.9 Å². The van der Waals surface area contributed by atoms with Crippen LogP contribution in [0.25, 0.3) is 0 Å². The van der Waals surface area contributed by atoms with Gasteiger partial charge in [0.1, 0.15) is 6.04 Å². The highest BCUT2D eigenvalue weighted by atomic mass is 16.4. The maximum Gasteiger partial charge on any atom is 0.320 e. The summed E-state index contributed by atoms with van der Waals surface area (Å²) in [6, 6.07) is -1.91. The number of aliphatic hydroxyl groups excluding tert-OH is 1. The van der Waals surface area contributed by atoms with Crippen molar-refractivity contribution < 1.29 is 19.8 Å². The van der Waals surface area contributed by atoms with E-state index in [0.717, 1.165) is 0 Å². The Labute approximate surface area is 74.7 Å². The number of amides is 2. The van der Waals surface area contributed by atoms with Crippen LogP contribution in [0.1, 0.15) is 6.42 Å². The summed E-state index contributed by atoms with van der Waals surface area (Å²) in [4.78, 5) is 20.4. The van der Waals surface area contributed by atoms with Gasteiger partial charge in [-0.25, -0.2) is 4.79 Å². The Morgan fingerprint density at radius 3 is 2.38 bits per heavy atom. The molecule has 0 aliphatic heterocycles. The molecule has 0 spiro atoms. The average molecular weight is 191 g/mol. The molecule has 0 fully saturated rings. The maximum atomic E-state index is 10.2. The zero-order valence-electron chi connectivity index (χ0n) is 6.93. The van der Waals surface area contributed by atoms with Gasteiger partial charge >= 0.3 is 12.0 Å². The van der Waals surface area contributed by atoms with Gasteiger partial charge < -0.3 is 27.0 Å². The van der Waals surface area contributed by atoms with Crippen LogP contribution in [-0.2, 0) is 4.79 Å². The Kier molecular flexibility index (Phi) is 4.78. The first-order chi connectivity index (χ1) is 5.93. The number of hydrogen-bond acceptors (Lipinski definition) is 4. The molecule has 7 N–H and O–H groups in total. The maximum absolute atomic E-state index is 10.2. The van der Waals surface area contributed by atoms with Crippen LogP contribution in [0.3, 0.4) is 0 Å². The molecule has 0 bridgehead atoms. The summed E-state index contributed by atoms with van der Waals surface area (Å²) >= 11 is 0. The molecule has 0 heterocycles. The van der Waals surface area contributed by atoms with Gasteiger partial charge in [0.15, 0.2) is 0 Å². The van der Waals surface area contributed by atoms with E-state index in [1.54, 1.807) is 0 Å². The fraction of sp³-hybridized carbons (Fsp3) is 0.667. The molecule has 13 heavy (non-hydrogen) atoms. The molecule has 2 atom stereocenters. The van der Waals surface area contributed by atoms with Gasteiger partial charge in [-0.15, -0.1) is 0 Å². The highest BCUT2D eigenvalue weighted by molar-refractivity contribution is 5.73. The van der Waals surface area contributed by atoms with Crippen molar-refractivity contribution in [1.82, 2.24) is 5.32 Å². The van der Waals surface area contributed by atoms with Crippen molar-refractivity contribution in [3.63, 3.8) is 0 Å². The second-order valence-corrected chi connectivity index (χ2v) is 2.58. The summed E-state index contributed by atoms with van der Waals surface area (Å²) in [5, 5.41) is 19.6. The zero-order chi connectivity index (χ0) is 10.4. The highest BCUT2D eigenvalue weighted by Gasteiger charge is 2.16. The molecule has 0 saturated heterocycles. The van der Waals surface area contributed by atoms with Crippen molar-refractivity contribution >= 4 is 12.0 Å². The Bertz CT molecular complexity index is 196. The Morgan fingerprint density at radius 2 is 2.00 bits per heavy atom. The van der Waals surface area contributed by atoms with Crippen LogP contribution < -0.4 is 16.8 Å². The minimum atomic E-state index is -1.20. The summed E-state index contributed by atoms with van der Waals surface area (Å²) in [6.45, 7) is -0.101. The van der Waals surface area contributed by atoms with Gasteiger partial charge in [0.2, 0.25) is 0 Å². The predicted molar refractivity (Wildman–Crippen MR) is 43.8 cm³/mol. The van der Waals surface area contributed by atoms with Crippen molar-refractivity contribution in [3.05, 3.63) is 0 Å². The molecule has 0 saturated carbocycles. The monoisotopic (exact) mass is 191 g/mol. The molecular formula is C6H13N3O4. The van der Waals surface area contributed by atoms with Gasteiger partial charge in [-0.1, -0.05) is 0 Å². The minimum absolute atomic E-state index is 0.101. The normalized spacial score (nSPS) is 14.6. The second kappa shape index (κ2) is 5.33. The molecule has 0 unspecified atom stereocenters. The number of primary amides is 1. The van der Waals surface area contributed by atoms with E-state index in [1.807, 2.05) is 0 Å². The molecule has 7 nitrogen and oxygen atoms in total. The Morgan fingerprint density at radius 1 is 1.46 bits per heavy atom. The second-order valence-electron chi connectivity index (χ2n) is 2.58. The van der Waals surface area contributed by atoms with Gasteiger partial charge in [-0.2, -0.15) is 0 Å². The molecule has 0 aliphatic carbocycles. The summed E-state index contributed by atoms with van der Waals surface area (Å²) in [5.74, 6) is -1.20. The first kappa shape index (κ1) is 11.7. The first-order valence-corrected chi connectivity index (χ1v) is 3.63. The van der Waals surface area contributed by atoms with Crippen LogP contribution in [0, 0.1) is 0 Å². The van der Waals surface area contributed by atoms with Gasteiger partial charge in [-0.3, -0.25) is 4.79 Å². The number of carbonyl (C=O) groups is 2. The quantitative estimate of drug-likeness (QED) is 0.336. The van der Waals surface area contributed by atoms with Crippen LogP contribution in [0.15, 0.2) is 0 Å². The van der Waals surface area contributed by atoms with Crippen molar-refractivity contribution in [2.24, 2.45) is 11.5 Å². The summed E-state index contributed by atoms with van der Waals surface area (Å²) in [6.07, 6.45) is -1.13. The molecule has 0 aromatic heterocycles. The smallest absolute Gasteiger partial charge is 0.320 e. The standard InChI is InChI=1S/C6H13N3O4/c7-4(5(11)12)1-3(10)2-9-6(8)13/h3-4,10H,1-2,7H2,(H,11,12)(H3,8,9,13)/t3-,4-/m0/s1.